The monoisotopic (exact) mass is 187 g/mol. The number of rotatable bonds is 4. The van der Waals surface area contributed by atoms with Crippen LogP contribution in [0.15, 0.2) is 4.40 Å². The summed E-state index contributed by atoms with van der Waals surface area (Å²) in [5.74, 6) is 0.609. The molecule has 70 valence electrons. The van der Waals surface area contributed by atoms with E-state index in [0.29, 0.717) is 5.92 Å². The van der Waals surface area contributed by atoms with Crippen molar-refractivity contribution in [2.45, 2.75) is 44.8 Å². The van der Waals surface area contributed by atoms with E-state index in [2.05, 4.69) is 18.2 Å². The largest absolute Gasteiger partial charge is 0.234 e. The quantitative estimate of drug-likeness (QED) is 0.621. The standard InChI is InChI=1S/C9H17NOS/c1-8(2)4-7-10-12(11)9(3)5-6-9/h7-8H,4-6H2,1-3H3. The summed E-state index contributed by atoms with van der Waals surface area (Å²) in [6, 6.07) is 0. The molecule has 3 heteroatoms. The lowest BCUT2D eigenvalue weighted by Gasteiger charge is -2.01. The molecule has 0 aliphatic heterocycles. The average Bonchev–Trinajstić information content (AvgIpc) is 2.68. The molecule has 0 aromatic rings. The van der Waals surface area contributed by atoms with Crippen molar-refractivity contribution in [1.82, 2.24) is 0 Å². The van der Waals surface area contributed by atoms with Crippen molar-refractivity contribution in [3.05, 3.63) is 0 Å². The van der Waals surface area contributed by atoms with Crippen LogP contribution in [0.25, 0.3) is 0 Å². The van der Waals surface area contributed by atoms with Gasteiger partial charge < -0.3 is 0 Å². The minimum Gasteiger partial charge on any atom is -0.234 e. The van der Waals surface area contributed by atoms with Crippen molar-refractivity contribution in [2.24, 2.45) is 10.3 Å². The molecule has 1 saturated carbocycles. The van der Waals surface area contributed by atoms with E-state index in [1.165, 1.54) is 0 Å². The Morgan fingerprint density at radius 1 is 1.58 bits per heavy atom. The van der Waals surface area contributed by atoms with Crippen LogP contribution in [-0.4, -0.2) is 15.2 Å². The summed E-state index contributed by atoms with van der Waals surface area (Å²) in [6.45, 7) is 6.30. The Morgan fingerprint density at radius 2 is 2.17 bits per heavy atom. The first-order valence-corrected chi connectivity index (χ1v) is 5.60. The van der Waals surface area contributed by atoms with Gasteiger partial charge in [-0.3, -0.25) is 0 Å². The molecule has 0 N–H and O–H groups in total. The lowest BCUT2D eigenvalue weighted by atomic mass is 10.2. The van der Waals surface area contributed by atoms with E-state index in [-0.39, 0.29) is 4.75 Å². The molecule has 1 aliphatic rings. The molecule has 1 aliphatic carbocycles. The van der Waals surface area contributed by atoms with Crippen LogP contribution in [0.1, 0.15) is 40.0 Å². The molecule has 0 saturated heterocycles. The van der Waals surface area contributed by atoms with Gasteiger partial charge in [-0.15, -0.1) is 0 Å². The van der Waals surface area contributed by atoms with Crippen molar-refractivity contribution in [1.29, 1.82) is 0 Å². The Hall–Kier alpha value is -0.180. The van der Waals surface area contributed by atoms with Gasteiger partial charge in [-0.25, -0.2) is 4.21 Å². The van der Waals surface area contributed by atoms with Gasteiger partial charge in [0.25, 0.3) is 0 Å². The minimum absolute atomic E-state index is 0.0213. The van der Waals surface area contributed by atoms with Crippen LogP contribution in [0.4, 0.5) is 0 Å². The predicted octanol–water partition coefficient (Wildman–Crippen LogP) is 2.32. The summed E-state index contributed by atoms with van der Waals surface area (Å²) in [7, 11) is -0.973. The molecule has 1 atom stereocenters. The second kappa shape index (κ2) is 3.69. The van der Waals surface area contributed by atoms with Gasteiger partial charge in [-0.2, -0.15) is 4.40 Å². The molecule has 0 bridgehead atoms. The van der Waals surface area contributed by atoms with Crippen LogP contribution in [0.2, 0.25) is 0 Å². The molecule has 0 aromatic carbocycles. The summed E-state index contributed by atoms with van der Waals surface area (Å²) < 4.78 is 15.5. The fourth-order valence-electron chi connectivity index (χ4n) is 0.799. The van der Waals surface area contributed by atoms with Gasteiger partial charge in [0.15, 0.2) is 0 Å². The van der Waals surface area contributed by atoms with Crippen molar-refractivity contribution < 1.29 is 4.21 Å². The van der Waals surface area contributed by atoms with Crippen LogP contribution >= 0.6 is 0 Å². The molecule has 2 nitrogen and oxygen atoms in total. The van der Waals surface area contributed by atoms with Crippen LogP contribution < -0.4 is 0 Å². The molecule has 0 radical (unpaired) electrons. The summed E-state index contributed by atoms with van der Waals surface area (Å²) in [5.41, 5.74) is 0. The molecule has 1 fully saturated rings. The zero-order chi connectivity index (χ0) is 9.19. The van der Waals surface area contributed by atoms with E-state index in [4.69, 9.17) is 0 Å². The zero-order valence-electron chi connectivity index (χ0n) is 8.04. The maximum atomic E-state index is 11.4. The highest BCUT2D eigenvalue weighted by Crippen LogP contribution is 2.41. The Kier molecular flexibility index (Phi) is 3.04. The third-order valence-electron chi connectivity index (χ3n) is 2.12. The van der Waals surface area contributed by atoms with Gasteiger partial charge in [-0.05, 0) is 32.1 Å². The third kappa shape index (κ3) is 2.70. The SMILES string of the molecule is CC(C)CC=NS(=O)C1(C)CC1. The van der Waals surface area contributed by atoms with Crippen LogP contribution in [0.5, 0.6) is 0 Å². The van der Waals surface area contributed by atoms with Gasteiger partial charge in [-0.1, -0.05) is 13.8 Å². The van der Waals surface area contributed by atoms with E-state index in [9.17, 15) is 4.21 Å². The maximum Gasteiger partial charge on any atom is 0.145 e. The molecule has 12 heavy (non-hydrogen) atoms. The Bertz CT molecular complexity index is 207. The Morgan fingerprint density at radius 3 is 2.58 bits per heavy atom. The molecule has 0 amide bonds. The lowest BCUT2D eigenvalue weighted by Crippen LogP contribution is -2.08. The molecule has 1 unspecified atom stereocenters. The highest BCUT2D eigenvalue weighted by Gasteiger charge is 2.43. The Balaban J connectivity index is 2.31. The van der Waals surface area contributed by atoms with Crippen LogP contribution in [0, 0.1) is 5.92 Å². The smallest absolute Gasteiger partial charge is 0.145 e. The first-order chi connectivity index (χ1) is 5.54. The fraction of sp³-hybridized carbons (Fsp3) is 0.889. The van der Waals surface area contributed by atoms with E-state index in [1.54, 1.807) is 0 Å². The van der Waals surface area contributed by atoms with Crippen LogP contribution in [-0.2, 0) is 11.0 Å². The van der Waals surface area contributed by atoms with Gasteiger partial charge in [0.05, 0.1) is 4.75 Å². The fourth-order valence-corrected chi connectivity index (χ4v) is 1.73. The summed E-state index contributed by atoms with van der Waals surface area (Å²) >= 11 is 0. The van der Waals surface area contributed by atoms with Gasteiger partial charge in [0.2, 0.25) is 0 Å². The minimum atomic E-state index is -0.973. The van der Waals surface area contributed by atoms with E-state index in [0.717, 1.165) is 19.3 Å². The van der Waals surface area contributed by atoms with Crippen molar-refractivity contribution in [3.8, 4) is 0 Å². The van der Waals surface area contributed by atoms with Crippen LogP contribution in [0.3, 0.4) is 0 Å². The molecule has 1 rings (SSSR count). The second-order valence-corrected chi connectivity index (χ2v) is 5.81. The van der Waals surface area contributed by atoms with E-state index < -0.39 is 11.0 Å². The molecule has 0 aromatic heterocycles. The summed E-state index contributed by atoms with van der Waals surface area (Å²) in [6.07, 6.45) is 4.88. The zero-order valence-corrected chi connectivity index (χ0v) is 8.86. The second-order valence-electron chi connectivity index (χ2n) is 4.12. The summed E-state index contributed by atoms with van der Waals surface area (Å²) in [5, 5.41) is 0. The van der Waals surface area contributed by atoms with Crippen molar-refractivity contribution in [3.63, 3.8) is 0 Å². The van der Waals surface area contributed by atoms with Crippen molar-refractivity contribution in [2.75, 3.05) is 0 Å². The molecular weight excluding hydrogens is 170 g/mol. The third-order valence-corrected chi connectivity index (χ3v) is 3.71. The molecular formula is C9H17NOS. The normalized spacial score (nSPS) is 23.3. The molecule has 0 heterocycles. The van der Waals surface area contributed by atoms with E-state index >= 15 is 0 Å². The number of hydrogen-bond acceptors (Lipinski definition) is 1. The average molecular weight is 187 g/mol. The molecule has 0 spiro atoms. The highest BCUT2D eigenvalue weighted by molar-refractivity contribution is 7.85. The van der Waals surface area contributed by atoms with E-state index in [1.807, 2.05) is 13.1 Å². The maximum absolute atomic E-state index is 11.4. The number of nitrogens with zero attached hydrogens (tertiary/aromatic N) is 1. The number of hydrogen-bond donors (Lipinski definition) is 0. The lowest BCUT2D eigenvalue weighted by molar-refractivity contribution is 0.672. The first kappa shape index (κ1) is 9.90. The van der Waals surface area contributed by atoms with Crippen molar-refractivity contribution >= 4 is 17.2 Å². The van der Waals surface area contributed by atoms with Gasteiger partial charge in [0, 0.05) is 6.21 Å². The van der Waals surface area contributed by atoms with Gasteiger partial charge in [0.1, 0.15) is 11.0 Å². The Labute approximate surface area is 77.1 Å². The first-order valence-electron chi connectivity index (χ1n) is 4.49. The highest BCUT2D eigenvalue weighted by atomic mass is 32.2. The predicted molar refractivity (Wildman–Crippen MR) is 53.7 cm³/mol. The summed E-state index contributed by atoms with van der Waals surface area (Å²) in [4.78, 5) is 0. The topological polar surface area (TPSA) is 29.4 Å². The van der Waals surface area contributed by atoms with Gasteiger partial charge >= 0.3 is 0 Å².